The van der Waals surface area contributed by atoms with Crippen LogP contribution in [0.15, 0.2) is 29.0 Å². The van der Waals surface area contributed by atoms with Crippen molar-refractivity contribution in [3.05, 3.63) is 33.8 Å². The Morgan fingerprint density at radius 2 is 2.05 bits per heavy atom. The second-order valence-electron chi connectivity index (χ2n) is 6.37. The monoisotopic (exact) mass is 319 g/mol. The van der Waals surface area contributed by atoms with Crippen molar-refractivity contribution in [3.63, 3.8) is 0 Å². The highest BCUT2D eigenvalue weighted by molar-refractivity contribution is 7.14. The van der Waals surface area contributed by atoms with E-state index >= 15 is 0 Å². The molecule has 0 aliphatic heterocycles. The van der Waals surface area contributed by atoms with Gasteiger partial charge in [-0.3, -0.25) is 0 Å². The summed E-state index contributed by atoms with van der Waals surface area (Å²) in [5, 5.41) is 8.06. The highest BCUT2D eigenvalue weighted by atomic mass is 32.1. The zero-order valence-electron chi connectivity index (χ0n) is 12.8. The van der Waals surface area contributed by atoms with E-state index in [9.17, 15) is 0 Å². The van der Waals surface area contributed by atoms with Crippen molar-refractivity contribution in [1.82, 2.24) is 5.32 Å². The predicted octanol–water partition coefficient (Wildman–Crippen LogP) is 5.78. The molecule has 1 N–H and O–H groups in total. The fourth-order valence-corrected chi connectivity index (χ4v) is 4.82. The van der Waals surface area contributed by atoms with E-state index in [0.29, 0.717) is 0 Å². The van der Waals surface area contributed by atoms with Crippen molar-refractivity contribution < 1.29 is 0 Å². The molecule has 2 heterocycles. The van der Waals surface area contributed by atoms with Crippen LogP contribution < -0.4 is 5.32 Å². The lowest BCUT2D eigenvalue weighted by Crippen LogP contribution is -2.20. The lowest BCUT2D eigenvalue weighted by atomic mass is 9.81. The van der Waals surface area contributed by atoms with E-state index in [4.69, 9.17) is 0 Å². The van der Waals surface area contributed by atoms with E-state index in [1.54, 1.807) is 0 Å². The van der Waals surface area contributed by atoms with Gasteiger partial charge in [0.2, 0.25) is 0 Å². The molecule has 2 aromatic heterocycles. The Hall–Kier alpha value is -0.640. The summed E-state index contributed by atoms with van der Waals surface area (Å²) in [7, 11) is 0. The minimum Gasteiger partial charge on any atom is -0.312 e. The molecular weight excluding hydrogens is 294 g/mol. The first-order valence-electron chi connectivity index (χ1n) is 8.13. The summed E-state index contributed by atoms with van der Waals surface area (Å²) >= 11 is 3.70. The Kier molecular flexibility index (Phi) is 5.50. The van der Waals surface area contributed by atoms with E-state index in [2.05, 4.69) is 41.2 Å². The Morgan fingerprint density at radius 3 is 2.81 bits per heavy atom. The molecule has 1 fully saturated rings. The molecule has 0 spiro atoms. The quantitative estimate of drug-likeness (QED) is 0.665. The Labute approximate surface area is 136 Å². The third-order valence-corrected chi connectivity index (χ3v) is 6.48. The van der Waals surface area contributed by atoms with Gasteiger partial charge in [-0.2, -0.15) is 0 Å². The highest BCUT2D eigenvalue weighted by Gasteiger charge is 2.17. The molecule has 1 aliphatic carbocycles. The van der Waals surface area contributed by atoms with E-state index in [-0.39, 0.29) is 0 Å². The lowest BCUT2D eigenvalue weighted by Gasteiger charge is -2.26. The average Bonchev–Trinajstić information content (AvgIpc) is 3.16. The minimum absolute atomic E-state index is 0.969. The van der Waals surface area contributed by atoms with Crippen molar-refractivity contribution in [3.8, 4) is 10.4 Å². The molecule has 1 aliphatic rings. The van der Waals surface area contributed by atoms with Crippen LogP contribution in [0, 0.1) is 11.8 Å². The van der Waals surface area contributed by atoms with Gasteiger partial charge in [-0.15, -0.1) is 22.7 Å². The molecule has 3 rings (SSSR count). The molecular formula is C18H25NS2. The second-order valence-corrected chi connectivity index (χ2v) is 8.31. The summed E-state index contributed by atoms with van der Waals surface area (Å²) < 4.78 is 0. The first-order valence-corrected chi connectivity index (χ1v) is 9.89. The van der Waals surface area contributed by atoms with Crippen molar-refractivity contribution in [1.29, 1.82) is 0 Å². The van der Waals surface area contributed by atoms with Gasteiger partial charge in [0.25, 0.3) is 0 Å². The maximum Gasteiger partial charge on any atom is 0.0351 e. The normalized spacial score (nSPS) is 22.5. The number of rotatable bonds is 6. The van der Waals surface area contributed by atoms with Crippen LogP contribution in [-0.2, 0) is 6.54 Å². The van der Waals surface area contributed by atoms with Gasteiger partial charge in [-0.1, -0.05) is 38.7 Å². The molecule has 2 aromatic rings. The van der Waals surface area contributed by atoms with Crippen molar-refractivity contribution in [2.45, 2.75) is 45.6 Å². The fourth-order valence-electron chi connectivity index (χ4n) is 3.18. The van der Waals surface area contributed by atoms with Crippen LogP contribution in [0.4, 0.5) is 0 Å². The van der Waals surface area contributed by atoms with Gasteiger partial charge in [0.15, 0.2) is 0 Å². The Bertz CT molecular complexity index is 521. The molecule has 1 saturated carbocycles. The summed E-state index contributed by atoms with van der Waals surface area (Å²) in [5.41, 5.74) is 1.38. The summed E-state index contributed by atoms with van der Waals surface area (Å²) in [6, 6.07) is 6.67. The minimum atomic E-state index is 0.969. The zero-order chi connectivity index (χ0) is 14.5. The first-order chi connectivity index (χ1) is 10.3. The third kappa shape index (κ3) is 4.41. The van der Waals surface area contributed by atoms with Gasteiger partial charge in [0, 0.05) is 21.9 Å². The molecule has 21 heavy (non-hydrogen) atoms. The van der Waals surface area contributed by atoms with E-state index in [0.717, 1.165) is 18.4 Å². The zero-order valence-corrected chi connectivity index (χ0v) is 14.4. The van der Waals surface area contributed by atoms with Crippen LogP contribution in [0.2, 0.25) is 0 Å². The Balaban J connectivity index is 1.38. The molecule has 0 amide bonds. The topological polar surface area (TPSA) is 12.0 Å². The van der Waals surface area contributed by atoms with Crippen LogP contribution in [0.5, 0.6) is 0 Å². The highest BCUT2D eigenvalue weighted by Crippen LogP contribution is 2.30. The standard InChI is InChI=1S/C18H25NS2/c1-14-4-6-15(7-5-14)8-9-19-12-17-11-16(13-21-17)18-3-2-10-20-18/h2-3,10-11,13-15,19H,4-9,12H2,1H3. The van der Waals surface area contributed by atoms with Gasteiger partial charge in [0.1, 0.15) is 0 Å². The number of nitrogens with one attached hydrogen (secondary N) is 1. The van der Waals surface area contributed by atoms with Gasteiger partial charge >= 0.3 is 0 Å². The second kappa shape index (κ2) is 7.57. The first kappa shape index (κ1) is 15.3. The lowest BCUT2D eigenvalue weighted by molar-refractivity contribution is 0.275. The number of thiophene rings is 2. The van der Waals surface area contributed by atoms with Crippen LogP contribution in [-0.4, -0.2) is 6.54 Å². The van der Waals surface area contributed by atoms with E-state index in [1.807, 2.05) is 22.7 Å². The van der Waals surface area contributed by atoms with Crippen molar-refractivity contribution in [2.75, 3.05) is 6.54 Å². The SMILES string of the molecule is CC1CCC(CCNCc2cc(-c3cccs3)cs2)CC1. The Morgan fingerprint density at radius 1 is 1.19 bits per heavy atom. The maximum absolute atomic E-state index is 3.63. The molecule has 114 valence electrons. The summed E-state index contributed by atoms with van der Waals surface area (Å²) in [6.45, 7) is 4.60. The van der Waals surface area contributed by atoms with Crippen LogP contribution in [0.1, 0.15) is 43.9 Å². The third-order valence-electron chi connectivity index (χ3n) is 4.62. The molecule has 0 radical (unpaired) electrons. The molecule has 3 heteroatoms. The molecule has 0 atom stereocenters. The number of hydrogen-bond acceptors (Lipinski definition) is 3. The van der Waals surface area contributed by atoms with Crippen LogP contribution in [0.3, 0.4) is 0 Å². The van der Waals surface area contributed by atoms with Gasteiger partial charge in [0.05, 0.1) is 0 Å². The average molecular weight is 320 g/mol. The molecule has 0 unspecified atom stereocenters. The van der Waals surface area contributed by atoms with Crippen molar-refractivity contribution in [2.24, 2.45) is 11.8 Å². The van der Waals surface area contributed by atoms with Crippen molar-refractivity contribution >= 4 is 22.7 Å². The van der Waals surface area contributed by atoms with E-state index in [1.165, 1.54) is 54.0 Å². The summed E-state index contributed by atoms with van der Waals surface area (Å²) in [5.74, 6) is 1.94. The maximum atomic E-state index is 3.63. The van der Waals surface area contributed by atoms with Crippen LogP contribution >= 0.6 is 22.7 Å². The van der Waals surface area contributed by atoms with Gasteiger partial charge in [-0.25, -0.2) is 0 Å². The van der Waals surface area contributed by atoms with Gasteiger partial charge < -0.3 is 5.32 Å². The van der Waals surface area contributed by atoms with Crippen LogP contribution in [0.25, 0.3) is 10.4 Å². The molecule has 0 saturated heterocycles. The summed E-state index contributed by atoms with van der Waals surface area (Å²) in [4.78, 5) is 2.84. The predicted molar refractivity (Wildman–Crippen MR) is 95.1 cm³/mol. The van der Waals surface area contributed by atoms with E-state index < -0.39 is 0 Å². The smallest absolute Gasteiger partial charge is 0.0351 e. The fraction of sp³-hybridized carbons (Fsp3) is 0.556. The molecule has 0 bridgehead atoms. The molecule has 0 aromatic carbocycles. The number of hydrogen-bond donors (Lipinski definition) is 1. The summed E-state index contributed by atoms with van der Waals surface area (Å²) in [6.07, 6.45) is 7.14. The largest absolute Gasteiger partial charge is 0.312 e. The van der Waals surface area contributed by atoms with Gasteiger partial charge in [-0.05, 0) is 47.7 Å². The molecule has 1 nitrogen and oxygen atoms in total.